The zero-order valence-electron chi connectivity index (χ0n) is 22.1. The Balaban J connectivity index is 1.50. The van der Waals surface area contributed by atoms with Crippen molar-refractivity contribution in [3.63, 3.8) is 0 Å². The maximum atomic E-state index is 11.5. The maximum absolute atomic E-state index is 11.5. The number of hydrogen-bond donors (Lipinski definition) is 0. The molecule has 182 valence electrons. The van der Waals surface area contributed by atoms with Gasteiger partial charge in [0, 0.05) is 13.3 Å². The van der Waals surface area contributed by atoms with Gasteiger partial charge >= 0.3 is 5.97 Å². The van der Waals surface area contributed by atoms with Gasteiger partial charge in [0.05, 0.1) is 0 Å². The third-order valence-corrected chi connectivity index (χ3v) is 10.9. The molecule has 0 bridgehead atoms. The Hall–Kier alpha value is -0.790. The fourth-order valence-corrected chi connectivity index (χ4v) is 9.39. The highest BCUT2D eigenvalue weighted by Gasteiger charge is 2.60. The van der Waals surface area contributed by atoms with Crippen molar-refractivity contribution in [1.82, 2.24) is 0 Å². The first-order chi connectivity index (χ1) is 15.0. The van der Waals surface area contributed by atoms with E-state index in [0.717, 1.165) is 42.4 Å². The summed E-state index contributed by atoms with van der Waals surface area (Å²) in [5.41, 5.74) is 2.95. The summed E-state index contributed by atoms with van der Waals surface area (Å²) in [7, 11) is 0. The van der Waals surface area contributed by atoms with E-state index in [2.05, 4.69) is 47.6 Å². The highest BCUT2D eigenvalue weighted by atomic mass is 16.5. The summed E-state index contributed by atoms with van der Waals surface area (Å²) < 4.78 is 5.63. The molecule has 0 aliphatic heterocycles. The topological polar surface area (TPSA) is 26.3 Å². The number of carbonyl (C=O) groups is 1. The molecule has 0 radical (unpaired) electrons. The van der Waals surface area contributed by atoms with Crippen molar-refractivity contribution in [1.29, 1.82) is 0 Å². The van der Waals surface area contributed by atoms with E-state index in [9.17, 15) is 4.79 Å². The first-order valence-electron chi connectivity index (χ1n) is 13.8. The number of carbonyl (C=O) groups excluding carboxylic acids is 1. The molecule has 0 unspecified atom stereocenters. The molecule has 4 aliphatic carbocycles. The number of ether oxygens (including phenoxy) is 1. The van der Waals surface area contributed by atoms with Crippen LogP contribution in [0.5, 0.6) is 0 Å². The molecule has 0 aromatic heterocycles. The molecular formula is C30H50O2. The summed E-state index contributed by atoms with van der Waals surface area (Å²) in [5.74, 6) is 4.19. The molecule has 0 saturated heterocycles. The summed E-state index contributed by atoms with van der Waals surface area (Å²) in [5, 5.41) is 0. The van der Waals surface area contributed by atoms with Crippen LogP contribution in [-0.4, -0.2) is 12.1 Å². The second kappa shape index (κ2) is 8.77. The maximum Gasteiger partial charge on any atom is 0.302 e. The molecule has 0 aromatic rings. The minimum absolute atomic E-state index is 0.111. The molecule has 0 N–H and O–H groups in total. The van der Waals surface area contributed by atoms with Gasteiger partial charge in [-0.05, 0) is 97.2 Å². The smallest absolute Gasteiger partial charge is 0.302 e. The van der Waals surface area contributed by atoms with Crippen LogP contribution in [0.1, 0.15) is 119 Å². The third-order valence-electron chi connectivity index (χ3n) is 10.9. The van der Waals surface area contributed by atoms with Crippen LogP contribution >= 0.6 is 0 Å². The highest BCUT2D eigenvalue weighted by molar-refractivity contribution is 5.66. The van der Waals surface area contributed by atoms with Crippen molar-refractivity contribution >= 4 is 5.97 Å². The molecule has 4 aliphatic rings. The van der Waals surface area contributed by atoms with E-state index in [1.165, 1.54) is 57.8 Å². The molecule has 7 atom stereocenters. The Morgan fingerprint density at radius 2 is 1.88 bits per heavy atom. The minimum atomic E-state index is -0.116. The van der Waals surface area contributed by atoms with Crippen LogP contribution in [0.4, 0.5) is 0 Å². The van der Waals surface area contributed by atoms with Crippen LogP contribution in [0, 0.1) is 45.8 Å². The second-order valence-electron chi connectivity index (χ2n) is 13.7. The second-order valence-corrected chi connectivity index (χ2v) is 13.7. The van der Waals surface area contributed by atoms with E-state index in [-0.39, 0.29) is 12.1 Å². The first kappa shape index (κ1) is 24.3. The van der Waals surface area contributed by atoms with E-state index in [4.69, 9.17) is 4.74 Å². The zero-order chi connectivity index (χ0) is 23.3. The zero-order valence-corrected chi connectivity index (χ0v) is 22.1. The van der Waals surface area contributed by atoms with Crippen LogP contribution in [0.3, 0.4) is 0 Å². The Kier molecular flexibility index (Phi) is 6.67. The molecule has 2 heteroatoms. The van der Waals surface area contributed by atoms with Gasteiger partial charge in [-0.3, -0.25) is 4.79 Å². The van der Waals surface area contributed by atoms with E-state index < -0.39 is 0 Å². The van der Waals surface area contributed by atoms with E-state index >= 15 is 0 Å². The van der Waals surface area contributed by atoms with Gasteiger partial charge in [-0.25, -0.2) is 0 Å². The van der Waals surface area contributed by atoms with E-state index in [0.29, 0.717) is 16.2 Å². The van der Waals surface area contributed by atoms with E-state index in [1.807, 2.05) is 0 Å². The predicted octanol–water partition coefficient (Wildman–Crippen LogP) is 8.35. The Labute approximate surface area is 198 Å². The number of hydrogen-bond acceptors (Lipinski definition) is 2. The highest BCUT2D eigenvalue weighted by Crippen LogP contribution is 2.68. The monoisotopic (exact) mass is 442 g/mol. The lowest BCUT2D eigenvalue weighted by Crippen LogP contribution is -2.51. The van der Waals surface area contributed by atoms with Crippen LogP contribution in [0.25, 0.3) is 0 Å². The van der Waals surface area contributed by atoms with Gasteiger partial charge in [0.1, 0.15) is 6.10 Å². The Morgan fingerprint density at radius 3 is 2.56 bits per heavy atom. The number of rotatable bonds is 6. The number of fused-ring (bicyclic) bond motifs is 5. The lowest BCUT2D eigenvalue weighted by atomic mass is 9.46. The largest absolute Gasteiger partial charge is 0.462 e. The molecule has 3 fully saturated rings. The fraction of sp³-hybridized carbons (Fsp3) is 0.900. The quantitative estimate of drug-likeness (QED) is 0.305. The summed E-state index contributed by atoms with van der Waals surface area (Å²) in [6, 6.07) is 0. The molecular weight excluding hydrogens is 392 g/mol. The Morgan fingerprint density at radius 1 is 1.12 bits per heavy atom. The van der Waals surface area contributed by atoms with Crippen LogP contribution < -0.4 is 0 Å². The lowest BCUT2D eigenvalue weighted by Gasteiger charge is -2.59. The summed E-state index contributed by atoms with van der Waals surface area (Å²) in [6.07, 6.45) is 17.1. The molecule has 0 amide bonds. The summed E-state index contributed by atoms with van der Waals surface area (Å²) >= 11 is 0. The molecule has 0 spiro atoms. The van der Waals surface area contributed by atoms with Gasteiger partial charge in [0.15, 0.2) is 0 Å². The lowest BCUT2D eigenvalue weighted by molar-refractivity contribution is -0.148. The van der Waals surface area contributed by atoms with Crippen molar-refractivity contribution in [2.45, 2.75) is 125 Å². The summed E-state index contributed by atoms with van der Waals surface area (Å²) in [4.78, 5) is 11.5. The average molecular weight is 443 g/mol. The molecule has 2 nitrogen and oxygen atoms in total. The summed E-state index contributed by atoms with van der Waals surface area (Å²) in [6.45, 7) is 16.7. The van der Waals surface area contributed by atoms with Crippen molar-refractivity contribution < 1.29 is 9.53 Å². The third kappa shape index (κ3) is 4.22. The number of allylic oxidation sites excluding steroid dienone is 1. The Bertz CT molecular complexity index is 733. The van der Waals surface area contributed by atoms with Crippen LogP contribution in [0.2, 0.25) is 0 Å². The average Bonchev–Trinajstić information content (AvgIpc) is 3.05. The van der Waals surface area contributed by atoms with Crippen molar-refractivity contribution in [3.8, 4) is 0 Å². The van der Waals surface area contributed by atoms with Gasteiger partial charge in [-0.2, -0.15) is 0 Å². The van der Waals surface area contributed by atoms with E-state index in [1.54, 1.807) is 12.5 Å². The molecule has 4 rings (SSSR count). The normalized spacial score (nSPS) is 41.5. The standard InChI is InChI=1S/C30H50O2/c1-20(2)9-8-16-28(4,5)27-13-12-25-24-11-10-22-19-23(32-21(3)31)14-17-29(22,6)26(24)15-18-30(25,27)7/h10,20,23-27H,8-9,11-19H2,1-7H3/t23-,24-,25-,26-,27+,29-,30-/m0/s1. The van der Waals surface area contributed by atoms with Gasteiger partial charge in [-0.1, -0.05) is 66.0 Å². The van der Waals surface area contributed by atoms with Crippen molar-refractivity contribution in [2.24, 2.45) is 45.8 Å². The van der Waals surface area contributed by atoms with Gasteiger partial charge in [0.2, 0.25) is 0 Å². The molecule has 32 heavy (non-hydrogen) atoms. The van der Waals surface area contributed by atoms with Crippen molar-refractivity contribution in [2.75, 3.05) is 0 Å². The molecule has 0 aromatic carbocycles. The molecule has 0 heterocycles. The van der Waals surface area contributed by atoms with Crippen molar-refractivity contribution in [3.05, 3.63) is 11.6 Å². The van der Waals surface area contributed by atoms with Crippen LogP contribution in [0.15, 0.2) is 11.6 Å². The van der Waals surface area contributed by atoms with Gasteiger partial charge < -0.3 is 4.74 Å². The minimum Gasteiger partial charge on any atom is -0.462 e. The van der Waals surface area contributed by atoms with Gasteiger partial charge in [-0.15, -0.1) is 0 Å². The predicted molar refractivity (Wildman–Crippen MR) is 133 cm³/mol. The molecule has 3 saturated carbocycles. The first-order valence-corrected chi connectivity index (χ1v) is 13.8. The van der Waals surface area contributed by atoms with Crippen LogP contribution in [-0.2, 0) is 9.53 Å². The SMILES string of the molecule is CC(=O)O[C@H]1CC[C@@]2(C)C(=CC[C@H]3[C@@H]4CC[C@H](C(C)(C)CCCC(C)C)[C@@]4(C)CC[C@@H]32)C1. The number of esters is 1. The fourth-order valence-electron chi connectivity index (χ4n) is 9.39. The van der Waals surface area contributed by atoms with Gasteiger partial charge in [0.25, 0.3) is 0 Å².